The van der Waals surface area contributed by atoms with E-state index in [0.717, 1.165) is 5.75 Å². The molecule has 0 N–H and O–H groups in total. The van der Waals surface area contributed by atoms with Crippen molar-refractivity contribution in [2.45, 2.75) is 6.92 Å². The summed E-state index contributed by atoms with van der Waals surface area (Å²) < 4.78 is 5.49. The molecule has 0 bridgehead atoms. The van der Waals surface area contributed by atoms with Crippen LogP contribution in [0.1, 0.15) is 6.92 Å². The van der Waals surface area contributed by atoms with Crippen LogP contribution < -0.4 is 4.74 Å². The highest BCUT2D eigenvalue weighted by Crippen LogP contribution is 2.32. The second-order valence-corrected chi connectivity index (χ2v) is 5.76. The Labute approximate surface area is 129 Å². The molecule has 0 aliphatic rings. The van der Waals surface area contributed by atoms with Gasteiger partial charge in [0.2, 0.25) is 21.1 Å². The van der Waals surface area contributed by atoms with E-state index in [1.54, 1.807) is 0 Å². The minimum absolute atomic E-state index is 0.700. The summed E-state index contributed by atoms with van der Waals surface area (Å²) in [5.41, 5.74) is 2.48. The lowest BCUT2D eigenvalue weighted by Gasteiger charge is -2.02. The molecule has 3 rings (SSSR count). The van der Waals surface area contributed by atoms with Crippen molar-refractivity contribution >= 4 is 11.3 Å². The van der Waals surface area contributed by atoms with Crippen LogP contribution in [0.25, 0.3) is 20.9 Å². The summed E-state index contributed by atoms with van der Waals surface area (Å²) in [7, 11) is 0. The normalized spacial score (nSPS) is 10.3. The van der Waals surface area contributed by atoms with Crippen molar-refractivity contribution in [2.24, 2.45) is 0 Å². The van der Waals surface area contributed by atoms with Gasteiger partial charge >= 0.3 is 0 Å². The zero-order chi connectivity index (χ0) is 14.5. The molecule has 2 heteroatoms. The molecule has 0 saturated heterocycles. The SMILES string of the molecule is CCOc1ccc(-c2cccc(-c3ccccc3)[s+]2)cc1. The fourth-order valence-electron chi connectivity index (χ4n) is 2.20. The molecule has 3 aromatic rings. The Morgan fingerprint density at radius 1 is 0.714 bits per heavy atom. The predicted molar refractivity (Wildman–Crippen MR) is 90.8 cm³/mol. The molecule has 0 unspecified atom stereocenters. The Morgan fingerprint density at radius 2 is 1.33 bits per heavy atom. The van der Waals surface area contributed by atoms with E-state index in [0.29, 0.717) is 6.61 Å². The van der Waals surface area contributed by atoms with Crippen LogP contribution in [0.15, 0.2) is 72.8 Å². The third kappa shape index (κ3) is 3.29. The number of hydrogen-bond acceptors (Lipinski definition) is 1. The quantitative estimate of drug-likeness (QED) is 0.555. The van der Waals surface area contributed by atoms with Crippen molar-refractivity contribution in [2.75, 3.05) is 6.61 Å². The zero-order valence-corrected chi connectivity index (χ0v) is 12.8. The molecule has 1 aromatic heterocycles. The van der Waals surface area contributed by atoms with Crippen LogP contribution in [0, 0.1) is 0 Å². The summed E-state index contributed by atoms with van der Waals surface area (Å²) in [6.45, 7) is 2.70. The van der Waals surface area contributed by atoms with Crippen molar-refractivity contribution in [3.8, 4) is 26.6 Å². The Balaban J connectivity index is 1.92. The van der Waals surface area contributed by atoms with Gasteiger partial charge in [0.25, 0.3) is 0 Å². The van der Waals surface area contributed by atoms with Crippen molar-refractivity contribution in [1.82, 2.24) is 0 Å². The minimum Gasteiger partial charge on any atom is -0.494 e. The number of benzene rings is 2. The summed E-state index contributed by atoms with van der Waals surface area (Å²) in [4.78, 5) is 2.54. The highest BCUT2D eigenvalue weighted by Gasteiger charge is 2.15. The summed E-state index contributed by atoms with van der Waals surface area (Å²) in [6, 6.07) is 25.2. The first-order chi connectivity index (χ1) is 10.4. The maximum absolute atomic E-state index is 5.49. The second kappa shape index (κ2) is 6.51. The minimum atomic E-state index is 0.700. The van der Waals surface area contributed by atoms with E-state index in [1.165, 1.54) is 20.9 Å². The van der Waals surface area contributed by atoms with Crippen LogP contribution in [0.4, 0.5) is 0 Å². The van der Waals surface area contributed by atoms with Gasteiger partial charge in [-0.3, -0.25) is 0 Å². The lowest BCUT2D eigenvalue weighted by Crippen LogP contribution is -1.90. The van der Waals surface area contributed by atoms with Crippen molar-refractivity contribution in [3.63, 3.8) is 0 Å². The van der Waals surface area contributed by atoms with E-state index >= 15 is 0 Å². The van der Waals surface area contributed by atoms with Crippen LogP contribution in [0.3, 0.4) is 0 Å². The molecule has 1 heterocycles. The van der Waals surface area contributed by atoms with Crippen molar-refractivity contribution < 1.29 is 4.74 Å². The largest absolute Gasteiger partial charge is 0.494 e. The average Bonchev–Trinajstić information content (AvgIpc) is 2.57. The lowest BCUT2D eigenvalue weighted by atomic mass is 10.1. The molecular formula is C19H17OS+. The standard InChI is InChI=1S/C19H17OS/c1-2-20-17-13-11-16(12-14-17)19-10-6-9-18(21-19)15-7-4-3-5-8-15/h3-14H,2H2,1H3/q+1. The van der Waals surface area contributed by atoms with Crippen LogP contribution in [0.2, 0.25) is 0 Å². The van der Waals surface area contributed by atoms with E-state index in [2.05, 4.69) is 54.6 Å². The smallest absolute Gasteiger partial charge is 0.238 e. The molecule has 1 nitrogen and oxygen atoms in total. The number of ether oxygens (including phenoxy) is 1. The number of rotatable bonds is 4. The van der Waals surface area contributed by atoms with Crippen molar-refractivity contribution in [1.29, 1.82) is 0 Å². The van der Waals surface area contributed by atoms with Gasteiger partial charge in [-0.15, -0.1) is 0 Å². The highest BCUT2D eigenvalue weighted by molar-refractivity contribution is 7.18. The average molecular weight is 293 g/mol. The summed E-state index contributed by atoms with van der Waals surface area (Å²) >= 11 is 1.81. The Kier molecular flexibility index (Phi) is 4.27. The van der Waals surface area contributed by atoms with Gasteiger partial charge in [-0.05, 0) is 43.3 Å². The van der Waals surface area contributed by atoms with Gasteiger partial charge in [-0.25, -0.2) is 0 Å². The lowest BCUT2D eigenvalue weighted by molar-refractivity contribution is 0.340. The van der Waals surface area contributed by atoms with Crippen LogP contribution >= 0.6 is 11.3 Å². The van der Waals surface area contributed by atoms with Crippen molar-refractivity contribution in [3.05, 3.63) is 72.8 Å². The van der Waals surface area contributed by atoms with Gasteiger partial charge in [-0.1, -0.05) is 24.3 Å². The van der Waals surface area contributed by atoms with Crippen LogP contribution in [0.5, 0.6) is 5.75 Å². The third-order valence-corrected chi connectivity index (χ3v) is 4.41. The molecule has 0 amide bonds. The van der Waals surface area contributed by atoms with Gasteiger partial charge in [0.1, 0.15) is 5.75 Å². The summed E-state index contributed by atoms with van der Waals surface area (Å²) in [5, 5.41) is 0. The molecule has 0 spiro atoms. The second-order valence-electron chi connectivity index (χ2n) is 4.68. The molecule has 0 saturated carbocycles. The van der Waals surface area contributed by atoms with Gasteiger partial charge in [0.05, 0.1) is 6.61 Å². The Hall–Kier alpha value is -2.19. The highest BCUT2D eigenvalue weighted by atomic mass is 32.1. The van der Waals surface area contributed by atoms with E-state index < -0.39 is 0 Å². The molecule has 0 aliphatic heterocycles. The molecule has 2 aromatic carbocycles. The molecular weight excluding hydrogens is 276 g/mol. The maximum Gasteiger partial charge on any atom is 0.238 e. The van der Waals surface area contributed by atoms with E-state index in [9.17, 15) is 0 Å². The Morgan fingerprint density at radius 3 is 1.95 bits per heavy atom. The zero-order valence-electron chi connectivity index (χ0n) is 12.0. The molecule has 21 heavy (non-hydrogen) atoms. The van der Waals surface area contributed by atoms with E-state index in [1.807, 2.05) is 36.5 Å². The Bertz CT molecular complexity index is 705. The fourth-order valence-corrected chi connectivity index (χ4v) is 3.24. The van der Waals surface area contributed by atoms with Crippen LogP contribution in [-0.4, -0.2) is 6.61 Å². The van der Waals surface area contributed by atoms with E-state index in [4.69, 9.17) is 4.74 Å². The topological polar surface area (TPSA) is 9.23 Å². The monoisotopic (exact) mass is 293 g/mol. The van der Waals surface area contributed by atoms with E-state index in [-0.39, 0.29) is 0 Å². The molecule has 0 aliphatic carbocycles. The third-order valence-electron chi connectivity index (χ3n) is 3.22. The first-order valence-electron chi connectivity index (χ1n) is 7.08. The maximum atomic E-state index is 5.49. The van der Waals surface area contributed by atoms with Gasteiger partial charge < -0.3 is 4.74 Å². The molecule has 0 radical (unpaired) electrons. The first kappa shape index (κ1) is 13.8. The van der Waals surface area contributed by atoms with Crippen LogP contribution in [-0.2, 0) is 0 Å². The predicted octanol–water partition coefficient (Wildman–Crippen LogP) is 5.76. The molecule has 0 atom stereocenters. The van der Waals surface area contributed by atoms with Gasteiger partial charge in [0, 0.05) is 23.3 Å². The summed E-state index contributed by atoms with van der Waals surface area (Å²) in [5.74, 6) is 0.922. The molecule has 104 valence electrons. The van der Waals surface area contributed by atoms with Gasteiger partial charge in [0.15, 0.2) is 0 Å². The molecule has 0 fully saturated rings. The fraction of sp³-hybridized carbons (Fsp3) is 0.105. The summed E-state index contributed by atoms with van der Waals surface area (Å²) in [6.07, 6.45) is 0. The first-order valence-corrected chi connectivity index (χ1v) is 7.90. The van der Waals surface area contributed by atoms with Gasteiger partial charge in [-0.2, -0.15) is 0 Å². The number of hydrogen-bond donors (Lipinski definition) is 0.